The average Bonchev–Trinajstić information content (AvgIpc) is 2.64. The number of nitrogens with zero attached hydrogens (tertiary/aromatic N) is 1. The van der Waals surface area contributed by atoms with Gasteiger partial charge in [-0.2, -0.15) is 0 Å². The molecule has 1 amide bonds. The first-order valence-corrected chi connectivity index (χ1v) is 7.30. The van der Waals surface area contributed by atoms with Crippen molar-refractivity contribution in [1.29, 1.82) is 0 Å². The molecule has 4 nitrogen and oxygen atoms in total. The first kappa shape index (κ1) is 15.4. The van der Waals surface area contributed by atoms with E-state index in [1.54, 1.807) is 4.90 Å². The fourth-order valence-corrected chi connectivity index (χ4v) is 2.95. The van der Waals surface area contributed by atoms with Crippen LogP contribution in [0.4, 0.5) is 0 Å². The van der Waals surface area contributed by atoms with Crippen LogP contribution < -0.4 is 5.73 Å². The predicted molar refractivity (Wildman–Crippen MR) is 73.1 cm³/mol. The van der Waals surface area contributed by atoms with E-state index < -0.39 is 0 Å². The minimum atomic E-state index is -0.360. The molecule has 0 aromatic heterocycles. The molecule has 4 heteroatoms. The molecular formula is C14H28N2O2. The lowest BCUT2D eigenvalue weighted by Gasteiger charge is -2.35. The molecule has 0 heterocycles. The molecule has 0 spiro atoms. The summed E-state index contributed by atoms with van der Waals surface area (Å²) in [6.45, 7) is 3.69. The second-order valence-electron chi connectivity index (χ2n) is 5.41. The third-order valence-corrected chi connectivity index (χ3v) is 4.06. The maximum Gasteiger partial charge on any atom is 0.230 e. The quantitative estimate of drug-likeness (QED) is 0.708. The Morgan fingerprint density at radius 1 is 1.22 bits per heavy atom. The van der Waals surface area contributed by atoms with Gasteiger partial charge in [-0.25, -0.2) is 0 Å². The number of rotatable bonds is 6. The number of amides is 1. The van der Waals surface area contributed by atoms with Crippen LogP contribution in [0.3, 0.4) is 0 Å². The Hall–Kier alpha value is -0.610. The summed E-state index contributed by atoms with van der Waals surface area (Å²) in [4.78, 5) is 14.5. The van der Waals surface area contributed by atoms with E-state index in [2.05, 4.69) is 6.92 Å². The van der Waals surface area contributed by atoms with E-state index in [-0.39, 0.29) is 17.9 Å². The molecule has 0 aliphatic heterocycles. The zero-order chi connectivity index (χ0) is 13.4. The fraction of sp³-hybridized carbons (Fsp3) is 0.929. The third kappa shape index (κ3) is 3.69. The molecule has 0 radical (unpaired) electrons. The SMILES string of the molecule is CCCN(CCO)C(=O)C1(CN)CCCCCC1. The number of nitrogens with two attached hydrogens (primary N) is 1. The van der Waals surface area contributed by atoms with Crippen molar-refractivity contribution in [3.8, 4) is 0 Å². The maximum absolute atomic E-state index is 12.7. The molecule has 18 heavy (non-hydrogen) atoms. The summed E-state index contributed by atoms with van der Waals surface area (Å²) in [5.41, 5.74) is 5.57. The van der Waals surface area contributed by atoms with Gasteiger partial charge in [0.05, 0.1) is 12.0 Å². The van der Waals surface area contributed by atoms with Crippen LogP contribution in [-0.2, 0) is 4.79 Å². The van der Waals surface area contributed by atoms with E-state index in [0.717, 1.165) is 38.6 Å². The van der Waals surface area contributed by atoms with Gasteiger partial charge in [0.15, 0.2) is 0 Å². The molecule has 3 N–H and O–H groups in total. The Bertz CT molecular complexity index is 242. The molecule has 106 valence electrons. The Kier molecular flexibility index (Phi) is 6.65. The van der Waals surface area contributed by atoms with Crippen LogP contribution in [-0.4, -0.2) is 42.2 Å². The molecule has 0 bridgehead atoms. The standard InChI is InChI=1S/C14H28N2O2/c1-2-9-16(10-11-17)13(18)14(12-15)7-5-3-4-6-8-14/h17H,2-12,15H2,1H3. The van der Waals surface area contributed by atoms with E-state index in [1.165, 1.54) is 12.8 Å². The Morgan fingerprint density at radius 2 is 1.83 bits per heavy atom. The van der Waals surface area contributed by atoms with E-state index in [0.29, 0.717) is 13.1 Å². The van der Waals surface area contributed by atoms with E-state index in [9.17, 15) is 4.79 Å². The predicted octanol–water partition coefficient (Wildman–Crippen LogP) is 1.52. The van der Waals surface area contributed by atoms with Gasteiger partial charge in [0, 0.05) is 19.6 Å². The molecular weight excluding hydrogens is 228 g/mol. The zero-order valence-electron chi connectivity index (χ0n) is 11.7. The highest BCUT2D eigenvalue weighted by Gasteiger charge is 2.39. The molecule has 0 unspecified atom stereocenters. The number of hydrogen-bond donors (Lipinski definition) is 2. The van der Waals surface area contributed by atoms with Crippen LogP contribution >= 0.6 is 0 Å². The van der Waals surface area contributed by atoms with Crippen molar-refractivity contribution < 1.29 is 9.90 Å². The largest absolute Gasteiger partial charge is 0.395 e. The lowest BCUT2D eigenvalue weighted by Crippen LogP contribution is -2.49. The van der Waals surface area contributed by atoms with Gasteiger partial charge in [-0.15, -0.1) is 0 Å². The van der Waals surface area contributed by atoms with Gasteiger partial charge in [-0.3, -0.25) is 4.79 Å². The summed E-state index contributed by atoms with van der Waals surface area (Å²) >= 11 is 0. The van der Waals surface area contributed by atoms with Crippen molar-refractivity contribution in [3.63, 3.8) is 0 Å². The van der Waals surface area contributed by atoms with Gasteiger partial charge in [0.1, 0.15) is 0 Å². The Balaban J connectivity index is 2.79. The summed E-state index contributed by atoms with van der Waals surface area (Å²) in [6, 6.07) is 0. The average molecular weight is 256 g/mol. The first-order valence-electron chi connectivity index (χ1n) is 7.30. The van der Waals surface area contributed by atoms with Gasteiger partial charge in [-0.1, -0.05) is 32.6 Å². The van der Waals surface area contributed by atoms with Crippen molar-refractivity contribution in [2.45, 2.75) is 51.9 Å². The highest BCUT2D eigenvalue weighted by Crippen LogP contribution is 2.36. The number of hydrogen-bond acceptors (Lipinski definition) is 3. The van der Waals surface area contributed by atoms with Gasteiger partial charge >= 0.3 is 0 Å². The molecule has 0 aromatic carbocycles. The van der Waals surface area contributed by atoms with Gasteiger partial charge in [0.2, 0.25) is 5.91 Å². The van der Waals surface area contributed by atoms with Crippen molar-refractivity contribution in [3.05, 3.63) is 0 Å². The maximum atomic E-state index is 12.7. The van der Waals surface area contributed by atoms with Gasteiger partial charge in [-0.05, 0) is 19.3 Å². The molecule has 0 aromatic rings. The molecule has 1 aliphatic carbocycles. The second kappa shape index (κ2) is 7.74. The molecule has 0 saturated heterocycles. The van der Waals surface area contributed by atoms with E-state index in [1.807, 2.05) is 0 Å². The lowest BCUT2D eigenvalue weighted by atomic mass is 9.79. The lowest BCUT2D eigenvalue weighted by molar-refractivity contribution is -0.143. The monoisotopic (exact) mass is 256 g/mol. The highest BCUT2D eigenvalue weighted by atomic mass is 16.3. The summed E-state index contributed by atoms with van der Waals surface area (Å²) in [5, 5.41) is 9.10. The fourth-order valence-electron chi connectivity index (χ4n) is 2.95. The summed E-state index contributed by atoms with van der Waals surface area (Å²) in [7, 11) is 0. The molecule has 1 rings (SSSR count). The molecule has 1 saturated carbocycles. The van der Waals surface area contributed by atoms with Crippen molar-refractivity contribution in [2.75, 3.05) is 26.2 Å². The summed E-state index contributed by atoms with van der Waals surface area (Å²) in [6.07, 6.45) is 7.37. The zero-order valence-corrected chi connectivity index (χ0v) is 11.7. The van der Waals surface area contributed by atoms with Crippen LogP contribution in [0.5, 0.6) is 0 Å². The topological polar surface area (TPSA) is 66.6 Å². The second-order valence-corrected chi connectivity index (χ2v) is 5.41. The molecule has 1 aliphatic rings. The van der Waals surface area contributed by atoms with Gasteiger partial charge < -0.3 is 15.7 Å². The smallest absolute Gasteiger partial charge is 0.230 e. The normalized spacial score (nSPS) is 19.3. The van der Waals surface area contributed by atoms with E-state index >= 15 is 0 Å². The molecule has 0 atom stereocenters. The van der Waals surface area contributed by atoms with Gasteiger partial charge in [0.25, 0.3) is 0 Å². The third-order valence-electron chi connectivity index (χ3n) is 4.06. The highest BCUT2D eigenvalue weighted by molar-refractivity contribution is 5.83. The summed E-state index contributed by atoms with van der Waals surface area (Å²) in [5.74, 6) is 0.169. The van der Waals surface area contributed by atoms with Crippen molar-refractivity contribution >= 4 is 5.91 Å². The summed E-state index contributed by atoms with van der Waals surface area (Å²) < 4.78 is 0. The number of carbonyl (C=O) groups is 1. The minimum Gasteiger partial charge on any atom is -0.395 e. The van der Waals surface area contributed by atoms with Crippen LogP contribution in [0.15, 0.2) is 0 Å². The number of aliphatic hydroxyl groups is 1. The van der Waals surface area contributed by atoms with Crippen LogP contribution in [0.25, 0.3) is 0 Å². The van der Waals surface area contributed by atoms with Crippen molar-refractivity contribution in [1.82, 2.24) is 4.90 Å². The van der Waals surface area contributed by atoms with Crippen LogP contribution in [0.2, 0.25) is 0 Å². The number of carbonyl (C=O) groups excluding carboxylic acids is 1. The van der Waals surface area contributed by atoms with Crippen LogP contribution in [0, 0.1) is 5.41 Å². The Labute approximate surface area is 111 Å². The minimum absolute atomic E-state index is 0.0341. The first-order chi connectivity index (χ1) is 8.70. The van der Waals surface area contributed by atoms with Crippen LogP contribution in [0.1, 0.15) is 51.9 Å². The number of aliphatic hydroxyl groups excluding tert-OH is 1. The van der Waals surface area contributed by atoms with E-state index in [4.69, 9.17) is 10.8 Å². The Morgan fingerprint density at radius 3 is 2.28 bits per heavy atom. The van der Waals surface area contributed by atoms with Crippen molar-refractivity contribution in [2.24, 2.45) is 11.1 Å². The molecule has 1 fully saturated rings.